The summed E-state index contributed by atoms with van der Waals surface area (Å²) < 4.78 is 22.0. The Hall–Kier alpha value is 0.488. The van der Waals surface area contributed by atoms with Crippen molar-refractivity contribution in [3.63, 3.8) is 0 Å². The molecule has 0 aliphatic heterocycles. The molecule has 0 amide bonds. The Morgan fingerprint density at radius 2 is 0.903 bits per heavy atom. The van der Waals surface area contributed by atoms with Crippen LogP contribution in [0.25, 0.3) is 0 Å². The molecule has 0 bridgehead atoms. The zero-order valence-electron chi connectivity index (χ0n) is 22.7. The van der Waals surface area contributed by atoms with Gasteiger partial charge in [0.1, 0.15) is 0 Å². The Kier molecular flexibility index (Phi) is 15.6. The van der Waals surface area contributed by atoms with E-state index in [1.165, 1.54) is 49.1 Å². The van der Waals surface area contributed by atoms with Crippen LogP contribution in [0.2, 0.25) is 60.4 Å². The minimum absolute atomic E-state index is 1.04. The van der Waals surface area contributed by atoms with Crippen LogP contribution in [0.15, 0.2) is 12.7 Å². The first kappa shape index (κ1) is 31.5. The topological polar surface area (TPSA) is 27.7 Å². The summed E-state index contributed by atoms with van der Waals surface area (Å²) in [5.41, 5.74) is 0. The average molecular weight is 505 g/mol. The van der Waals surface area contributed by atoms with Crippen molar-refractivity contribution in [2.75, 3.05) is 0 Å². The van der Waals surface area contributed by atoms with Crippen LogP contribution in [0.4, 0.5) is 0 Å². The smallest absolute Gasteiger partial charge is 0.318 e. The van der Waals surface area contributed by atoms with Crippen LogP contribution in [0.3, 0.4) is 0 Å². The predicted molar refractivity (Wildman–Crippen MR) is 149 cm³/mol. The lowest BCUT2D eigenvalue weighted by molar-refractivity contribution is 0.300. The fraction of sp³-hybridized carbons (Fsp3) is 0.917. The molecule has 0 aromatic carbocycles. The van der Waals surface area contributed by atoms with Crippen LogP contribution in [-0.4, -0.2) is 33.8 Å². The highest BCUT2D eigenvalue weighted by molar-refractivity contribution is 6.91. The third-order valence-electron chi connectivity index (χ3n) is 7.84. The van der Waals surface area contributed by atoms with Gasteiger partial charge >= 0.3 is 17.1 Å². The van der Waals surface area contributed by atoms with Crippen LogP contribution < -0.4 is 0 Å². The number of allylic oxidation sites excluding steroid dienone is 1. The maximum atomic E-state index is 7.38. The molecule has 0 heterocycles. The molecule has 0 unspecified atom stereocenters. The van der Waals surface area contributed by atoms with Gasteiger partial charge in [0.05, 0.1) is 0 Å². The van der Waals surface area contributed by atoms with Crippen LogP contribution in [0.1, 0.15) is 81.6 Å². The van der Waals surface area contributed by atoms with Gasteiger partial charge < -0.3 is 12.3 Å². The highest BCUT2D eigenvalue weighted by Gasteiger charge is 2.51. The van der Waals surface area contributed by atoms with E-state index >= 15 is 0 Å². The summed E-state index contributed by atoms with van der Waals surface area (Å²) in [6, 6.07) is 11.4. The van der Waals surface area contributed by atoms with Crippen molar-refractivity contribution in [1.29, 1.82) is 0 Å². The van der Waals surface area contributed by atoms with E-state index in [0.717, 1.165) is 30.6 Å². The van der Waals surface area contributed by atoms with Gasteiger partial charge in [-0.2, -0.15) is 0 Å². The Morgan fingerprint density at radius 1 is 0.516 bits per heavy atom. The van der Waals surface area contributed by atoms with Gasteiger partial charge in [0.2, 0.25) is 0 Å². The summed E-state index contributed by atoms with van der Waals surface area (Å²) in [6.45, 7) is 24.8. The van der Waals surface area contributed by atoms with Gasteiger partial charge in [0.25, 0.3) is 0 Å². The zero-order valence-corrected chi connectivity index (χ0v) is 26.7. The molecule has 0 aliphatic rings. The van der Waals surface area contributed by atoms with Gasteiger partial charge in [-0.15, -0.1) is 6.58 Å². The monoisotopic (exact) mass is 504 g/mol. The van der Waals surface area contributed by atoms with Crippen molar-refractivity contribution in [1.82, 2.24) is 0 Å². The zero-order chi connectivity index (χ0) is 24.0. The van der Waals surface area contributed by atoms with Crippen molar-refractivity contribution >= 4 is 33.8 Å². The fourth-order valence-electron chi connectivity index (χ4n) is 4.75. The molecule has 0 N–H and O–H groups in total. The molecule has 0 rings (SSSR count). The van der Waals surface area contributed by atoms with Crippen molar-refractivity contribution < 1.29 is 12.3 Å². The van der Waals surface area contributed by atoms with Gasteiger partial charge in [-0.3, -0.25) is 0 Å². The van der Waals surface area contributed by atoms with Gasteiger partial charge in [0.15, 0.2) is 16.6 Å². The molecule has 0 fully saturated rings. The SMILES string of the molecule is C=CCCCC[Si](CC)(CC)O[Si](CC)(CC)O[Si](CC)(CC)O[Si](CC)(CC)CC. The molecule has 7 heteroatoms. The summed E-state index contributed by atoms with van der Waals surface area (Å²) in [6.07, 6.45) is 5.66. The number of hydrogen-bond acceptors (Lipinski definition) is 3. The molecular formula is C24H56O3Si4. The quantitative estimate of drug-likeness (QED) is 0.0938. The third-order valence-corrected chi connectivity index (χ3v) is 29.3. The number of hydrogen-bond donors (Lipinski definition) is 0. The minimum Gasteiger partial charge on any atom is -0.436 e. The van der Waals surface area contributed by atoms with E-state index < -0.39 is 33.8 Å². The van der Waals surface area contributed by atoms with E-state index in [4.69, 9.17) is 12.3 Å². The number of unbranched alkanes of at least 4 members (excludes halogenated alkanes) is 2. The van der Waals surface area contributed by atoms with Crippen LogP contribution in [0.5, 0.6) is 0 Å². The first-order valence-corrected chi connectivity index (χ1v) is 23.0. The lowest BCUT2D eigenvalue weighted by Crippen LogP contribution is -2.61. The second-order valence-electron chi connectivity index (χ2n) is 9.21. The van der Waals surface area contributed by atoms with Crippen LogP contribution >= 0.6 is 0 Å². The standard InChI is InChI=1S/C24H56O3Si4/c1-11-21-22-23-24-29(15-5,16-6)26-31(19-9,20-10)27-30(17-7,18-8)25-28(12-2,13-3)14-4/h11H,1,12-24H2,2-10H3. The van der Waals surface area contributed by atoms with Gasteiger partial charge in [-0.1, -0.05) is 81.2 Å². The minimum atomic E-state index is -2.30. The normalized spacial score (nSPS) is 13.6. The van der Waals surface area contributed by atoms with Crippen molar-refractivity contribution in [2.45, 2.75) is 142 Å². The van der Waals surface area contributed by atoms with Crippen LogP contribution in [-0.2, 0) is 12.3 Å². The molecule has 0 aliphatic carbocycles. The molecule has 0 atom stereocenters. The summed E-state index contributed by atoms with van der Waals surface area (Å²) >= 11 is 0. The fourth-order valence-corrected chi connectivity index (χ4v) is 27.4. The Balaban J connectivity index is 5.91. The second kappa shape index (κ2) is 15.4. The lowest BCUT2D eigenvalue weighted by Gasteiger charge is -2.47. The van der Waals surface area contributed by atoms with E-state index in [9.17, 15) is 0 Å². The predicted octanol–water partition coefficient (Wildman–Crippen LogP) is 9.35. The molecule has 0 spiro atoms. The number of rotatable bonds is 20. The molecule has 0 aromatic heterocycles. The maximum absolute atomic E-state index is 7.38. The summed E-state index contributed by atoms with van der Waals surface area (Å²) in [5.74, 6) is 0. The largest absolute Gasteiger partial charge is 0.436 e. The third kappa shape index (κ3) is 8.98. The second-order valence-corrected chi connectivity index (χ2v) is 26.9. The lowest BCUT2D eigenvalue weighted by atomic mass is 10.2. The van der Waals surface area contributed by atoms with Gasteiger partial charge in [0, 0.05) is 0 Å². The van der Waals surface area contributed by atoms with Crippen molar-refractivity contribution in [3.8, 4) is 0 Å². The van der Waals surface area contributed by atoms with E-state index in [1.807, 2.05) is 6.08 Å². The molecule has 3 nitrogen and oxygen atoms in total. The van der Waals surface area contributed by atoms with Crippen molar-refractivity contribution in [3.05, 3.63) is 12.7 Å². The van der Waals surface area contributed by atoms with Gasteiger partial charge in [-0.05, 0) is 66.9 Å². The highest BCUT2D eigenvalue weighted by Crippen LogP contribution is 2.38. The molecule has 0 radical (unpaired) electrons. The Bertz CT molecular complexity index is 463. The molecule has 0 aromatic rings. The maximum Gasteiger partial charge on any atom is 0.318 e. The summed E-state index contributed by atoms with van der Waals surface area (Å²) in [4.78, 5) is 0. The van der Waals surface area contributed by atoms with E-state index in [2.05, 4.69) is 68.9 Å². The Morgan fingerprint density at radius 3 is 1.23 bits per heavy atom. The van der Waals surface area contributed by atoms with E-state index in [0.29, 0.717) is 0 Å². The molecule has 186 valence electrons. The molecule has 0 saturated heterocycles. The molecule has 0 saturated carbocycles. The van der Waals surface area contributed by atoms with E-state index in [1.54, 1.807) is 0 Å². The van der Waals surface area contributed by atoms with Crippen molar-refractivity contribution in [2.24, 2.45) is 0 Å². The average Bonchev–Trinajstić information content (AvgIpc) is 2.83. The molecule has 31 heavy (non-hydrogen) atoms. The highest BCUT2D eigenvalue weighted by atomic mass is 28.5. The molecular weight excluding hydrogens is 449 g/mol. The van der Waals surface area contributed by atoms with Crippen LogP contribution in [0, 0.1) is 0 Å². The first-order valence-electron chi connectivity index (χ1n) is 13.4. The van der Waals surface area contributed by atoms with Gasteiger partial charge in [-0.25, -0.2) is 0 Å². The summed E-state index contributed by atoms with van der Waals surface area (Å²) in [5, 5.41) is 0. The first-order chi connectivity index (χ1) is 14.7. The summed E-state index contributed by atoms with van der Waals surface area (Å²) in [7, 11) is -8.10. The van der Waals surface area contributed by atoms with E-state index in [-0.39, 0.29) is 0 Å². The Labute approximate surface area is 200 Å².